The van der Waals surface area contributed by atoms with Crippen LogP contribution in [0.4, 0.5) is 11.4 Å². The zero-order chi connectivity index (χ0) is 15.6. The minimum absolute atomic E-state index is 0. The second-order valence-electron chi connectivity index (χ2n) is 5.11. The van der Waals surface area contributed by atoms with Gasteiger partial charge in [0.15, 0.2) is 5.69 Å². The molecule has 0 fully saturated rings. The van der Waals surface area contributed by atoms with Crippen molar-refractivity contribution in [1.82, 2.24) is 9.97 Å². The Balaban J connectivity index is 0.00000242. The predicted molar refractivity (Wildman–Crippen MR) is 91.9 cm³/mol. The lowest BCUT2D eigenvalue weighted by Gasteiger charge is -2.11. The average Bonchev–Trinajstić information content (AvgIpc) is 2.43. The maximum Gasteiger partial charge on any atom is 0.275 e. The van der Waals surface area contributed by atoms with Crippen molar-refractivity contribution >= 4 is 41.3 Å². The molecule has 1 amide bonds. The zero-order valence-corrected chi connectivity index (χ0v) is 14.1. The molecule has 0 saturated carbocycles. The Kier molecular flexibility index (Phi) is 6.14. The summed E-state index contributed by atoms with van der Waals surface area (Å²) in [6.45, 7) is 5.79. The molecular formula is C15H18Cl2N4O. The van der Waals surface area contributed by atoms with Crippen molar-refractivity contribution in [3.8, 4) is 0 Å². The number of hydrogen-bond donors (Lipinski definition) is 2. The van der Waals surface area contributed by atoms with Crippen molar-refractivity contribution in [1.29, 1.82) is 0 Å². The van der Waals surface area contributed by atoms with Crippen LogP contribution >= 0.6 is 24.0 Å². The van der Waals surface area contributed by atoms with Crippen LogP contribution in [0, 0.1) is 6.92 Å². The minimum atomic E-state index is -0.377. The molecular weight excluding hydrogens is 323 g/mol. The van der Waals surface area contributed by atoms with Gasteiger partial charge in [-0.05, 0) is 24.6 Å². The Bertz CT molecular complexity index is 689. The number of nitrogen functional groups attached to an aromatic ring is 1. The lowest BCUT2D eigenvalue weighted by atomic mass is 10.1. The van der Waals surface area contributed by atoms with E-state index in [0.717, 1.165) is 5.56 Å². The van der Waals surface area contributed by atoms with Crippen LogP contribution in [0.25, 0.3) is 0 Å². The molecule has 0 spiro atoms. The van der Waals surface area contributed by atoms with E-state index in [0.29, 0.717) is 17.2 Å². The lowest BCUT2D eigenvalue weighted by molar-refractivity contribution is 0.102. The Labute approximate surface area is 140 Å². The molecule has 3 N–H and O–H groups in total. The zero-order valence-electron chi connectivity index (χ0n) is 12.6. The fraction of sp³-hybridized carbons (Fsp3) is 0.267. The summed E-state index contributed by atoms with van der Waals surface area (Å²) in [7, 11) is 0. The van der Waals surface area contributed by atoms with Gasteiger partial charge < -0.3 is 11.1 Å². The average molecular weight is 341 g/mol. The molecule has 22 heavy (non-hydrogen) atoms. The van der Waals surface area contributed by atoms with Crippen LogP contribution in [0.5, 0.6) is 0 Å². The first kappa shape index (κ1) is 18.2. The maximum absolute atomic E-state index is 12.3. The molecule has 2 rings (SSSR count). The highest BCUT2D eigenvalue weighted by Gasteiger charge is 2.16. The lowest BCUT2D eigenvalue weighted by Crippen LogP contribution is -2.17. The number of rotatable bonds is 3. The molecule has 0 bridgehead atoms. The maximum atomic E-state index is 12.3. The van der Waals surface area contributed by atoms with Gasteiger partial charge in [-0.2, -0.15) is 0 Å². The van der Waals surface area contributed by atoms with Crippen molar-refractivity contribution in [2.24, 2.45) is 0 Å². The predicted octanol–water partition coefficient (Wildman–Crippen LogP) is 3.82. The number of hydrogen-bond acceptors (Lipinski definition) is 4. The van der Waals surface area contributed by atoms with E-state index in [1.54, 1.807) is 12.1 Å². The molecule has 0 atom stereocenters. The van der Waals surface area contributed by atoms with Crippen LogP contribution < -0.4 is 11.1 Å². The van der Waals surface area contributed by atoms with Crippen LogP contribution in [0.1, 0.15) is 41.6 Å². The summed E-state index contributed by atoms with van der Waals surface area (Å²) in [5.74, 6) is 0.315. The Morgan fingerprint density at radius 3 is 2.68 bits per heavy atom. The summed E-state index contributed by atoms with van der Waals surface area (Å²) >= 11 is 6.02. The SMILES string of the molecule is Cc1ccc(N)cc1NC(=O)c1nc(C(C)C)ncc1Cl.Cl. The number of nitrogens with one attached hydrogen (secondary N) is 1. The number of nitrogens with two attached hydrogens (primary N) is 1. The van der Waals surface area contributed by atoms with Gasteiger partial charge in [0.25, 0.3) is 5.91 Å². The molecule has 0 aliphatic rings. The van der Waals surface area contributed by atoms with Gasteiger partial charge in [0.1, 0.15) is 5.82 Å². The van der Waals surface area contributed by atoms with Gasteiger partial charge in [-0.1, -0.05) is 31.5 Å². The highest BCUT2D eigenvalue weighted by molar-refractivity contribution is 6.33. The molecule has 2 aromatic rings. The number of carbonyl (C=O) groups is 1. The molecule has 1 aromatic carbocycles. The van der Waals surface area contributed by atoms with E-state index in [1.165, 1.54) is 6.20 Å². The molecule has 1 aromatic heterocycles. The van der Waals surface area contributed by atoms with E-state index in [9.17, 15) is 4.79 Å². The quantitative estimate of drug-likeness (QED) is 0.832. The van der Waals surface area contributed by atoms with Crippen molar-refractivity contribution in [2.75, 3.05) is 11.1 Å². The summed E-state index contributed by atoms with van der Waals surface area (Å²) < 4.78 is 0. The first-order valence-electron chi connectivity index (χ1n) is 6.58. The van der Waals surface area contributed by atoms with E-state index < -0.39 is 0 Å². The fourth-order valence-electron chi connectivity index (χ4n) is 1.77. The van der Waals surface area contributed by atoms with E-state index in [-0.39, 0.29) is 34.9 Å². The fourth-order valence-corrected chi connectivity index (χ4v) is 1.95. The summed E-state index contributed by atoms with van der Waals surface area (Å²) in [4.78, 5) is 20.7. The van der Waals surface area contributed by atoms with Gasteiger partial charge in [-0.25, -0.2) is 9.97 Å². The smallest absolute Gasteiger partial charge is 0.275 e. The summed E-state index contributed by atoms with van der Waals surface area (Å²) in [5.41, 5.74) is 8.02. The number of benzene rings is 1. The third-order valence-corrected chi connectivity index (χ3v) is 3.28. The third-order valence-electron chi connectivity index (χ3n) is 3.00. The van der Waals surface area contributed by atoms with Crippen molar-refractivity contribution in [2.45, 2.75) is 26.7 Å². The van der Waals surface area contributed by atoms with E-state index in [1.807, 2.05) is 26.8 Å². The van der Waals surface area contributed by atoms with Gasteiger partial charge >= 0.3 is 0 Å². The van der Waals surface area contributed by atoms with E-state index in [4.69, 9.17) is 17.3 Å². The van der Waals surface area contributed by atoms with Crippen LogP contribution in [-0.4, -0.2) is 15.9 Å². The van der Waals surface area contributed by atoms with Gasteiger partial charge in [0.05, 0.1) is 11.2 Å². The normalized spacial score (nSPS) is 10.2. The van der Waals surface area contributed by atoms with E-state index >= 15 is 0 Å². The van der Waals surface area contributed by atoms with Crippen molar-refractivity contribution < 1.29 is 4.79 Å². The second-order valence-corrected chi connectivity index (χ2v) is 5.52. The van der Waals surface area contributed by atoms with Crippen LogP contribution in [0.3, 0.4) is 0 Å². The number of aryl methyl sites for hydroxylation is 1. The number of carbonyl (C=O) groups excluding carboxylic acids is 1. The van der Waals surface area contributed by atoms with Gasteiger partial charge in [0.2, 0.25) is 0 Å². The molecule has 0 aliphatic carbocycles. The molecule has 5 nitrogen and oxygen atoms in total. The van der Waals surface area contributed by atoms with Crippen molar-refractivity contribution in [3.63, 3.8) is 0 Å². The largest absolute Gasteiger partial charge is 0.399 e. The van der Waals surface area contributed by atoms with Crippen LogP contribution in [0.15, 0.2) is 24.4 Å². The standard InChI is InChI=1S/C15H17ClN4O.ClH/c1-8(2)14-18-7-11(16)13(20-14)15(21)19-12-6-10(17)5-4-9(12)3;/h4-8H,17H2,1-3H3,(H,19,21);1H. The van der Waals surface area contributed by atoms with Crippen LogP contribution in [-0.2, 0) is 0 Å². The number of halogens is 2. The summed E-state index contributed by atoms with van der Waals surface area (Å²) in [6, 6.07) is 5.32. The molecule has 0 saturated heterocycles. The Morgan fingerprint density at radius 1 is 1.36 bits per heavy atom. The second kappa shape index (κ2) is 7.42. The monoisotopic (exact) mass is 340 g/mol. The number of nitrogens with zero attached hydrogens (tertiary/aromatic N) is 2. The first-order valence-corrected chi connectivity index (χ1v) is 6.96. The Morgan fingerprint density at radius 2 is 2.05 bits per heavy atom. The van der Waals surface area contributed by atoms with Crippen molar-refractivity contribution in [3.05, 3.63) is 46.5 Å². The number of anilines is 2. The highest BCUT2D eigenvalue weighted by Crippen LogP contribution is 2.21. The van der Waals surface area contributed by atoms with Gasteiger partial charge in [-0.15, -0.1) is 12.4 Å². The molecule has 0 radical (unpaired) electrons. The summed E-state index contributed by atoms with van der Waals surface area (Å²) in [6.07, 6.45) is 1.45. The van der Waals surface area contributed by atoms with E-state index in [2.05, 4.69) is 15.3 Å². The highest BCUT2D eigenvalue weighted by atomic mass is 35.5. The number of aromatic nitrogens is 2. The van der Waals surface area contributed by atoms with Gasteiger partial charge in [0, 0.05) is 17.3 Å². The first-order chi connectivity index (χ1) is 9.88. The molecule has 1 heterocycles. The van der Waals surface area contributed by atoms with Gasteiger partial charge in [-0.3, -0.25) is 4.79 Å². The molecule has 0 unspecified atom stereocenters. The molecule has 0 aliphatic heterocycles. The third kappa shape index (κ3) is 4.08. The minimum Gasteiger partial charge on any atom is -0.399 e. The Hall–Kier alpha value is -1.85. The molecule has 118 valence electrons. The van der Waals surface area contributed by atoms with Crippen LogP contribution in [0.2, 0.25) is 5.02 Å². The number of amides is 1. The molecule has 7 heteroatoms. The summed E-state index contributed by atoms with van der Waals surface area (Å²) in [5, 5.41) is 3.00. The topological polar surface area (TPSA) is 80.9 Å².